The van der Waals surface area contributed by atoms with Crippen molar-refractivity contribution in [3.05, 3.63) is 66.0 Å². The summed E-state index contributed by atoms with van der Waals surface area (Å²) >= 11 is 0. The highest BCUT2D eigenvalue weighted by Gasteiger charge is 2.33. The maximum Gasteiger partial charge on any atom is 0.267 e. The van der Waals surface area contributed by atoms with E-state index in [0.29, 0.717) is 5.92 Å². The van der Waals surface area contributed by atoms with Gasteiger partial charge < -0.3 is 10.1 Å². The maximum absolute atomic E-state index is 11.2. The molecule has 132 valence electrons. The van der Waals surface area contributed by atoms with Gasteiger partial charge in [0.15, 0.2) is 0 Å². The molecule has 1 aromatic carbocycles. The minimum Gasteiger partial charge on any atom is -0.322 e. The average molecular weight is 348 g/mol. The Bertz CT molecular complexity index is 974. The zero-order valence-electron chi connectivity index (χ0n) is 14.2. The minimum atomic E-state index is -0.574. The molecule has 1 amide bonds. The number of benzene rings is 1. The molecule has 0 saturated heterocycles. The standard InChI is InChI=1S/C20H20N4O2/c21-18(14-7-8-14)20-19(15-4-2-1-3-5-15)22-16-12-13(10-11-24(16)20)6-9-17(25)23-26/h1-6,9-12,14,18,26H,7-8,21H2,(H,23,25). The summed E-state index contributed by atoms with van der Waals surface area (Å²) in [4.78, 5) is 16.0. The summed E-state index contributed by atoms with van der Waals surface area (Å²) in [6.07, 6.45) is 7.13. The van der Waals surface area contributed by atoms with Gasteiger partial charge in [0, 0.05) is 17.8 Å². The fourth-order valence-corrected chi connectivity index (χ4v) is 3.20. The number of nitrogens with zero attached hydrogens (tertiary/aromatic N) is 2. The van der Waals surface area contributed by atoms with Gasteiger partial charge in [-0.05, 0) is 42.5 Å². The number of rotatable bonds is 5. The van der Waals surface area contributed by atoms with Crippen molar-refractivity contribution in [1.29, 1.82) is 0 Å². The van der Waals surface area contributed by atoms with Crippen LogP contribution in [0.3, 0.4) is 0 Å². The fourth-order valence-electron chi connectivity index (χ4n) is 3.20. The second-order valence-corrected chi connectivity index (χ2v) is 6.57. The quantitative estimate of drug-likeness (QED) is 0.375. The molecule has 4 rings (SSSR count). The third-order valence-corrected chi connectivity index (χ3v) is 4.72. The zero-order chi connectivity index (χ0) is 18.1. The van der Waals surface area contributed by atoms with Crippen molar-refractivity contribution in [3.8, 4) is 11.3 Å². The first-order valence-corrected chi connectivity index (χ1v) is 8.62. The summed E-state index contributed by atoms with van der Waals surface area (Å²) in [5, 5.41) is 8.59. The number of hydroxylamine groups is 1. The van der Waals surface area contributed by atoms with E-state index >= 15 is 0 Å². The number of pyridine rings is 1. The van der Waals surface area contributed by atoms with E-state index in [-0.39, 0.29) is 6.04 Å². The van der Waals surface area contributed by atoms with Crippen LogP contribution in [0.5, 0.6) is 0 Å². The highest BCUT2D eigenvalue weighted by Crippen LogP contribution is 2.42. The second-order valence-electron chi connectivity index (χ2n) is 6.57. The normalized spacial score (nSPS) is 15.5. The smallest absolute Gasteiger partial charge is 0.267 e. The molecule has 0 bridgehead atoms. The molecule has 0 spiro atoms. The highest BCUT2D eigenvalue weighted by atomic mass is 16.5. The molecule has 1 aliphatic rings. The van der Waals surface area contributed by atoms with Crippen LogP contribution in [0.1, 0.15) is 30.1 Å². The second kappa shape index (κ2) is 6.74. The number of aromatic nitrogens is 2. The molecule has 6 nitrogen and oxygen atoms in total. The Labute approximate surface area is 150 Å². The van der Waals surface area contributed by atoms with E-state index in [1.807, 2.05) is 53.1 Å². The number of hydrogen-bond donors (Lipinski definition) is 3. The third kappa shape index (κ3) is 3.12. The van der Waals surface area contributed by atoms with Gasteiger partial charge in [0.2, 0.25) is 0 Å². The Morgan fingerprint density at radius 3 is 2.77 bits per heavy atom. The van der Waals surface area contributed by atoms with Crippen molar-refractivity contribution in [3.63, 3.8) is 0 Å². The molecule has 0 aliphatic heterocycles. The lowest BCUT2D eigenvalue weighted by atomic mass is 10.0. The number of carbonyl (C=O) groups is 1. The van der Waals surface area contributed by atoms with Gasteiger partial charge in [-0.1, -0.05) is 30.3 Å². The average Bonchev–Trinajstić information content (AvgIpc) is 3.46. The van der Waals surface area contributed by atoms with Gasteiger partial charge in [0.25, 0.3) is 5.91 Å². The van der Waals surface area contributed by atoms with Crippen molar-refractivity contribution in [2.45, 2.75) is 18.9 Å². The number of nitrogens with one attached hydrogen (secondary N) is 1. The predicted molar refractivity (Wildman–Crippen MR) is 99.2 cm³/mol. The molecular formula is C20H20N4O2. The number of imidazole rings is 1. The van der Waals surface area contributed by atoms with Gasteiger partial charge in [0.1, 0.15) is 5.65 Å². The Morgan fingerprint density at radius 2 is 2.08 bits per heavy atom. The predicted octanol–water partition coefficient (Wildman–Crippen LogP) is 2.93. The van der Waals surface area contributed by atoms with Crippen LogP contribution < -0.4 is 11.2 Å². The van der Waals surface area contributed by atoms with Crippen LogP contribution in [0.2, 0.25) is 0 Å². The van der Waals surface area contributed by atoms with E-state index in [9.17, 15) is 4.79 Å². The van der Waals surface area contributed by atoms with Crippen molar-refractivity contribution in [1.82, 2.24) is 14.9 Å². The Balaban J connectivity index is 1.82. The molecule has 1 unspecified atom stereocenters. The number of hydrogen-bond acceptors (Lipinski definition) is 4. The molecular weight excluding hydrogens is 328 g/mol. The Kier molecular flexibility index (Phi) is 4.28. The Hall–Kier alpha value is -2.96. The zero-order valence-corrected chi connectivity index (χ0v) is 14.2. The summed E-state index contributed by atoms with van der Waals surface area (Å²) in [5.74, 6) is -0.0696. The molecule has 1 saturated carbocycles. The minimum absolute atomic E-state index is 0.0539. The van der Waals surface area contributed by atoms with Crippen LogP contribution in [0.4, 0.5) is 0 Å². The van der Waals surface area contributed by atoms with Gasteiger partial charge >= 0.3 is 0 Å². The molecule has 1 atom stereocenters. The van der Waals surface area contributed by atoms with E-state index in [4.69, 9.17) is 15.9 Å². The first-order chi connectivity index (χ1) is 12.7. The van der Waals surface area contributed by atoms with Crippen molar-refractivity contribution >= 4 is 17.6 Å². The monoisotopic (exact) mass is 348 g/mol. The van der Waals surface area contributed by atoms with Crippen LogP contribution in [-0.2, 0) is 4.79 Å². The van der Waals surface area contributed by atoms with Gasteiger partial charge in [-0.15, -0.1) is 0 Å². The van der Waals surface area contributed by atoms with Gasteiger partial charge in [-0.3, -0.25) is 10.0 Å². The van der Waals surface area contributed by atoms with Crippen molar-refractivity contribution in [2.24, 2.45) is 11.7 Å². The fraction of sp³-hybridized carbons (Fsp3) is 0.200. The molecule has 3 aromatic rings. The molecule has 6 heteroatoms. The van der Waals surface area contributed by atoms with Gasteiger partial charge in [-0.25, -0.2) is 10.5 Å². The largest absolute Gasteiger partial charge is 0.322 e. The van der Waals surface area contributed by atoms with E-state index in [0.717, 1.165) is 41.0 Å². The number of fused-ring (bicyclic) bond motifs is 1. The highest BCUT2D eigenvalue weighted by molar-refractivity contribution is 5.91. The lowest BCUT2D eigenvalue weighted by Gasteiger charge is -2.13. The first-order valence-electron chi connectivity index (χ1n) is 8.62. The van der Waals surface area contributed by atoms with Crippen LogP contribution >= 0.6 is 0 Å². The molecule has 1 aliphatic carbocycles. The lowest BCUT2D eigenvalue weighted by molar-refractivity contribution is -0.124. The molecule has 1 fully saturated rings. The van der Waals surface area contributed by atoms with Gasteiger partial charge in [-0.2, -0.15) is 0 Å². The van der Waals surface area contributed by atoms with Crippen molar-refractivity contribution < 1.29 is 10.0 Å². The number of amides is 1. The SMILES string of the molecule is NC(c1c(-c2ccccc2)nc2cc(C=CC(=O)NO)ccn12)C1CC1. The Morgan fingerprint density at radius 1 is 1.31 bits per heavy atom. The van der Waals surface area contributed by atoms with Crippen LogP contribution in [-0.4, -0.2) is 20.5 Å². The van der Waals surface area contributed by atoms with Crippen molar-refractivity contribution in [2.75, 3.05) is 0 Å². The topological polar surface area (TPSA) is 92.6 Å². The maximum atomic E-state index is 11.2. The van der Waals surface area contributed by atoms with Gasteiger partial charge in [0.05, 0.1) is 17.4 Å². The van der Waals surface area contributed by atoms with Crippen LogP contribution in [0.15, 0.2) is 54.7 Å². The van der Waals surface area contributed by atoms with Crippen LogP contribution in [0.25, 0.3) is 23.0 Å². The molecule has 0 radical (unpaired) electrons. The summed E-state index contributed by atoms with van der Waals surface area (Å²) in [6, 6.07) is 13.8. The summed E-state index contributed by atoms with van der Waals surface area (Å²) in [5.41, 5.74) is 12.7. The van der Waals surface area contributed by atoms with E-state index in [1.165, 1.54) is 6.08 Å². The summed E-state index contributed by atoms with van der Waals surface area (Å²) in [7, 11) is 0. The number of nitrogens with two attached hydrogens (primary N) is 1. The summed E-state index contributed by atoms with van der Waals surface area (Å²) in [6.45, 7) is 0. The van der Waals surface area contributed by atoms with E-state index < -0.39 is 5.91 Å². The number of carbonyl (C=O) groups excluding carboxylic acids is 1. The molecule has 2 aromatic heterocycles. The third-order valence-electron chi connectivity index (χ3n) is 4.72. The van der Waals surface area contributed by atoms with Crippen LogP contribution in [0, 0.1) is 5.92 Å². The van der Waals surface area contributed by atoms with E-state index in [1.54, 1.807) is 11.6 Å². The molecule has 26 heavy (non-hydrogen) atoms. The van der Waals surface area contributed by atoms with E-state index in [2.05, 4.69) is 0 Å². The molecule has 4 N–H and O–H groups in total. The molecule has 2 heterocycles. The summed E-state index contributed by atoms with van der Waals surface area (Å²) < 4.78 is 2.04. The first kappa shape index (κ1) is 16.5. The lowest BCUT2D eigenvalue weighted by Crippen LogP contribution is -2.16.